The molecule has 5 heteroatoms. The van der Waals surface area contributed by atoms with Gasteiger partial charge in [-0.3, -0.25) is 0 Å². The third kappa shape index (κ3) is 2.18. The van der Waals surface area contributed by atoms with Crippen molar-refractivity contribution in [3.8, 4) is 0 Å². The minimum absolute atomic E-state index is 0.251. The van der Waals surface area contributed by atoms with Crippen molar-refractivity contribution in [1.82, 2.24) is 9.97 Å². The van der Waals surface area contributed by atoms with Crippen LogP contribution >= 0.6 is 23.2 Å². The van der Waals surface area contributed by atoms with Crippen LogP contribution in [0.5, 0.6) is 0 Å². The lowest BCUT2D eigenvalue weighted by Gasteiger charge is -2.17. The number of anilines is 1. The van der Waals surface area contributed by atoms with Crippen LogP contribution in [0.25, 0.3) is 0 Å². The monoisotopic (exact) mass is 245 g/mol. The zero-order valence-corrected chi connectivity index (χ0v) is 10.3. The molecule has 0 N–H and O–H groups in total. The molecule has 0 aliphatic carbocycles. The molecular formula is C10H13Cl2N3. The Labute approximate surface area is 99.4 Å². The number of rotatable bonds is 1. The summed E-state index contributed by atoms with van der Waals surface area (Å²) in [4.78, 5) is 10.2. The summed E-state index contributed by atoms with van der Waals surface area (Å²) in [5.41, 5.74) is 0. The Morgan fingerprint density at radius 2 is 1.87 bits per heavy atom. The van der Waals surface area contributed by atoms with E-state index in [0.717, 1.165) is 18.9 Å². The largest absolute Gasteiger partial charge is 0.355 e. The van der Waals surface area contributed by atoms with Crippen LogP contribution in [0.1, 0.15) is 13.8 Å². The van der Waals surface area contributed by atoms with Gasteiger partial charge < -0.3 is 4.90 Å². The molecule has 0 amide bonds. The molecule has 0 spiro atoms. The smallest absolute Gasteiger partial charge is 0.224 e. The molecule has 1 aliphatic heterocycles. The van der Waals surface area contributed by atoms with E-state index in [1.807, 2.05) is 0 Å². The lowest BCUT2D eigenvalue weighted by Crippen LogP contribution is -2.21. The van der Waals surface area contributed by atoms with Gasteiger partial charge >= 0.3 is 0 Å². The molecule has 1 aliphatic rings. The number of hydrogen-bond acceptors (Lipinski definition) is 3. The molecule has 82 valence electrons. The Hall–Kier alpha value is -0.540. The molecule has 0 radical (unpaired) electrons. The zero-order valence-electron chi connectivity index (χ0n) is 8.74. The molecule has 1 fully saturated rings. The predicted molar refractivity (Wildman–Crippen MR) is 62.6 cm³/mol. The van der Waals surface area contributed by atoms with Crippen molar-refractivity contribution in [2.24, 2.45) is 11.8 Å². The highest BCUT2D eigenvalue weighted by Crippen LogP contribution is 2.31. The normalized spacial score (nSPS) is 26.0. The molecule has 1 aromatic heterocycles. The van der Waals surface area contributed by atoms with Crippen LogP contribution in [-0.4, -0.2) is 23.1 Å². The van der Waals surface area contributed by atoms with Crippen LogP contribution in [0.15, 0.2) is 6.20 Å². The molecule has 1 saturated heterocycles. The summed E-state index contributed by atoms with van der Waals surface area (Å²) in [7, 11) is 0. The van der Waals surface area contributed by atoms with Crippen molar-refractivity contribution >= 4 is 29.0 Å². The van der Waals surface area contributed by atoms with Crippen LogP contribution in [-0.2, 0) is 0 Å². The van der Waals surface area contributed by atoms with E-state index in [-0.39, 0.29) is 5.28 Å². The van der Waals surface area contributed by atoms with Crippen molar-refractivity contribution < 1.29 is 0 Å². The van der Waals surface area contributed by atoms with Gasteiger partial charge in [-0.15, -0.1) is 0 Å². The Bertz CT molecular complexity index is 360. The third-order valence-corrected chi connectivity index (χ3v) is 3.43. The van der Waals surface area contributed by atoms with E-state index in [2.05, 4.69) is 28.7 Å². The summed E-state index contributed by atoms with van der Waals surface area (Å²) in [5, 5.41) is 0.822. The van der Waals surface area contributed by atoms with Gasteiger partial charge in [-0.1, -0.05) is 25.4 Å². The zero-order chi connectivity index (χ0) is 11.0. The Balaban J connectivity index is 2.27. The van der Waals surface area contributed by atoms with Gasteiger partial charge in [-0.05, 0) is 23.4 Å². The lowest BCUT2D eigenvalue weighted by atomic mass is 10.0. The molecule has 2 heterocycles. The highest BCUT2D eigenvalue weighted by molar-refractivity contribution is 6.33. The second kappa shape index (κ2) is 4.14. The maximum Gasteiger partial charge on any atom is 0.224 e. The maximum absolute atomic E-state index is 6.05. The van der Waals surface area contributed by atoms with Crippen molar-refractivity contribution in [2.75, 3.05) is 18.0 Å². The molecule has 0 saturated carbocycles. The summed E-state index contributed by atoms with van der Waals surface area (Å²) in [6, 6.07) is 0. The number of aromatic nitrogens is 2. The molecule has 2 unspecified atom stereocenters. The summed E-state index contributed by atoms with van der Waals surface area (Å²) >= 11 is 11.8. The Kier molecular flexibility index (Phi) is 3.03. The van der Waals surface area contributed by atoms with Gasteiger partial charge in [-0.2, -0.15) is 4.98 Å². The van der Waals surface area contributed by atoms with E-state index >= 15 is 0 Å². The molecule has 0 bridgehead atoms. The first-order valence-electron chi connectivity index (χ1n) is 5.01. The van der Waals surface area contributed by atoms with Crippen molar-refractivity contribution in [3.63, 3.8) is 0 Å². The van der Waals surface area contributed by atoms with Gasteiger partial charge in [-0.25, -0.2) is 4.98 Å². The number of hydrogen-bond donors (Lipinski definition) is 0. The van der Waals surface area contributed by atoms with Crippen LogP contribution in [0.4, 0.5) is 5.82 Å². The lowest BCUT2D eigenvalue weighted by molar-refractivity contribution is 0.494. The molecule has 3 nitrogen and oxygen atoms in total. The van der Waals surface area contributed by atoms with Crippen molar-refractivity contribution in [3.05, 3.63) is 16.5 Å². The van der Waals surface area contributed by atoms with E-state index in [0.29, 0.717) is 16.9 Å². The summed E-state index contributed by atoms with van der Waals surface area (Å²) in [6.45, 7) is 6.44. The Morgan fingerprint density at radius 1 is 1.27 bits per heavy atom. The average Bonchev–Trinajstić information content (AvgIpc) is 2.51. The summed E-state index contributed by atoms with van der Waals surface area (Å²) < 4.78 is 0. The van der Waals surface area contributed by atoms with Crippen LogP contribution in [0.3, 0.4) is 0 Å². The molecule has 2 atom stereocenters. The van der Waals surface area contributed by atoms with Gasteiger partial charge in [0, 0.05) is 13.1 Å². The van der Waals surface area contributed by atoms with Crippen LogP contribution in [0, 0.1) is 11.8 Å². The highest BCUT2D eigenvalue weighted by atomic mass is 35.5. The second-order valence-electron chi connectivity index (χ2n) is 4.17. The van der Waals surface area contributed by atoms with Crippen LogP contribution < -0.4 is 4.90 Å². The van der Waals surface area contributed by atoms with Gasteiger partial charge in [0.15, 0.2) is 5.82 Å². The van der Waals surface area contributed by atoms with E-state index in [4.69, 9.17) is 23.2 Å². The predicted octanol–water partition coefficient (Wildman–Crippen LogP) is 2.88. The van der Waals surface area contributed by atoms with Gasteiger partial charge in [0.1, 0.15) is 5.02 Å². The topological polar surface area (TPSA) is 29.0 Å². The fourth-order valence-corrected chi connectivity index (χ4v) is 2.20. The third-order valence-electron chi connectivity index (χ3n) is 2.98. The second-order valence-corrected chi connectivity index (χ2v) is 4.92. The molecular weight excluding hydrogens is 233 g/mol. The minimum atomic E-state index is 0.251. The van der Waals surface area contributed by atoms with E-state index in [1.54, 1.807) is 6.20 Å². The first-order valence-corrected chi connectivity index (χ1v) is 5.76. The molecule has 1 aromatic rings. The average molecular weight is 246 g/mol. The van der Waals surface area contributed by atoms with E-state index in [1.165, 1.54) is 0 Å². The highest BCUT2D eigenvalue weighted by Gasteiger charge is 2.28. The fourth-order valence-electron chi connectivity index (χ4n) is 1.86. The SMILES string of the molecule is CC1CN(c2nc(Cl)ncc2Cl)CC1C. The molecule has 2 rings (SSSR count). The van der Waals surface area contributed by atoms with Crippen molar-refractivity contribution in [2.45, 2.75) is 13.8 Å². The summed E-state index contributed by atoms with van der Waals surface area (Å²) in [5.74, 6) is 2.08. The summed E-state index contributed by atoms with van der Waals surface area (Å²) in [6.07, 6.45) is 1.56. The molecule has 0 aromatic carbocycles. The van der Waals surface area contributed by atoms with E-state index in [9.17, 15) is 0 Å². The number of nitrogens with zero attached hydrogens (tertiary/aromatic N) is 3. The fraction of sp³-hybridized carbons (Fsp3) is 0.600. The quantitative estimate of drug-likeness (QED) is 0.713. The van der Waals surface area contributed by atoms with Crippen molar-refractivity contribution in [1.29, 1.82) is 0 Å². The first-order chi connectivity index (χ1) is 7.08. The Morgan fingerprint density at radius 3 is 2.47 bits per heavy atom. The minimum Gasteiger partial charge on any atom is -0.355 e. The number of halogens is 2. The van der Waals surface area contributed by atoms with E-state index < -0.39 is 0 Å². The maximum atomic E-state index is 6.05. The van der Waals surface area contributed by atoms with Gasteiger partial charge in [0.05, 0.1) is 6.20 Å². The van der Waals surface area contributed by atoms with Gasteiger partial charge in [0.25, 0.3) is 0 Å². The first kappa shape index (κ1) is 11.0. The molecule has 15 heavy (non-hydrogen) atoms. The van der Waals surface area contributed by atoms with Gasteiger partial charge in [0.2, 0.25) is 5.28 Å². The standard InChI is InChI=1S/C10H13Cl2N3/c1-6-4-15(5-7(6)2)9-8(11)3-13-10(12)14-9/h3,6-7H,4-5H2,1-2H3. The van der Waals surface area contributed by atoms with Crippen LogP contribution in [0.2, 0.25) is 10.3 Å².